The van der Waals surface area contributed by atoms with E-state index < -0.39 is 0 Å². The molecule has 0 aromatic carbocycles. The summed E-state index contributed by atoms with van der Waals surface area (Å²) < 4.78 is 0. The van der Waals surface area contributed by atoms with Crippen LogP contribution in [0.1, 0.15) is 38.4 Å². The molecular weight excluding hydrogens is 254 g/mol. The van der Waals surface area contributed by atoms with Crippen molar-refractivity contribution in [1.82, 2.24) is 15.0 Å². The fourth-order valence-corrected chi connectivity index (χ4v) is 2.32. The van der Waals surface area contributed by atoms with E-state index in [1.54, 1.807) is 0 Å². The number of aliphatic hydroxyl groups is 1. The molecule has 0 bridgehead atoms. The molecule has 20 heavy (non-hydrogen) atoms. The standard InChI is InChI=1S/C14H25N5O/c1-9(2)12-15-13(18(3)4)17-14(16-12)19(5)8-10-6-11(20)7-10/h9-11,20H,6-8H2,1-5H3. The average Bonchev–Trinajstić information content (AvgIpc) is 2.36. The minimum absolute atomic E-state index is 0.115. The van der Waals surface area contributed by atoms with Gasteiger partial charge in [-0.2, -0.15) is 15.0 Å². The fraction of sp³-hybridized carbons (Fsp3) is 0.786. The van der Waals surface area contributed by atoms with Crippen molar-refractivity contribution in [3.05, 3.63) is 5.82 Å². The second-order valence-corrected chi connectivity index (χ2v) is 6.21. The molecule has 1 heterocycles. The van der Waals surface area contributed by atoms with Crippen LogP contribution < -0.4 is 9.80 Å². The number of aliphatic hydroxyl groups excluding tert-OH is 1. The zero-order valence-corrected chi connectivity index (χ0v) is 13.0. The van der Waals surface area contributed by atoms with Gasteiger partial charge in [0.1, 0.15) is 5.82 Å². The smallest absolute Gasteiger partial charge is 0.230 e. The predicted octanol–water partition coefficient (Wildman–Crippen LogP) is 1.27. The fourth-order valence-electron chi connectivity index (χ4n) is 2.32. The van der Waals surface area contributed by atoms with E-state index in [0.717, 1.165) is 25.2 Å². The monoisotopic (exact) mass is 279 g/mol. The van der Waals surface area contributed by atoms with Crippen LogP contribution in [0.5, 0.6) is 0 Å². The Morgan fingerprint density at radius 3 is 2.20 bits per heavy atom. The Balaban J connectivity index is 2.16. The summed E-state index contributed by atoms with van der Waals surface area (Å²) in [5, 5.41) is 9.37. The summed E-state index contributed by atoms with van der Waals surface area (Å²) in [4.78, 5) is 17.5. The molecule has 1 N–H and O–H groups in total. The van der Waals surface area contributed by atoms with Crippen LogP contribution in [0.2, 0.25) is 0 Å². The third-order valence-electron chi connectivity index (χ3n) is 3.63. The van der Waals surface area contributed by atoms with E-state index in [-0.39, 0.29) is 12.0 Å². The summed E-state index contributed by atoms with van der Waals surface area (Å²) in [5.74, 6) is 3.04. The number of aromatic nitrogens is 3. The van der Waals surface area contributed by atoms with Gasteiger partial charge in [0.25, 0.3) is 0 Å². The van der Waals surface area contributed by atoms with E-state index in [0.29, 0.717) is 17.8 Å². The third kappa shape index (κ3) is 3.36. The Morgan fingerprint density at radius 2 is 1.70 bits per heavy atom. The van der Waals surface area contributed by atoms with E-state index >= 15 is 0 Å². The lowest BCUT2D eigenvalue weighted by Crippen LogP contribution is -2.38. The van der Waals surface area contributed by atoms with Gasteiger partial charge in [-0.1, -0.05) is 13.8 Å². The number of anilines is 2. The predicted molar refractivity (Wildman–Crippen MR) is 80.2 cm³/mol. The molecule has 0 saturated heterocycles. The maximum absolute atomic E-state index is 9.37. The first kappa shape index (κ1) is 15.0. The van der Waals surface area contributed by atoms with Crippen LogP contribution in [0.25, 0.3) is 0 Å². The molecule has 1 aromatic heterocycles. The summed E-state index contributed by atoms with van der Waals surface area (Å²) >= 11 is 0. The second-order valence-electron chi connectivity index (χ2n) is 6.21. The lowest BCUT2D eigenvalue weighted by molar-refractivity contribution is 0.0463. The summed E-state index contributed by atoms with van der Waals surface area (Å²) in [6.07, 6.45) is 1.65. The zero-order chi connectivity index (χ0) is 14.9. The summed E-state index contributed by atoms with van der Waals surface area (Å²) in [6, 6.07) is 0. The van der Waals surface area contributed by atoms with Crippen molar-refractivity contribution in [1.29, 1.82) is 0 Å². The molecule has 1 aliphatic rings. The minimum atomic E-state index is -0.115. The molecule has 0 unspecified atom stereocenters. The van der Waals surface area contributed by atoms with Gasteiger partial charge in [-0.3, -0.25) is 0 Å². The highest BCUT2D eigenvalue weighted by atomic mass is 16.3. The normalized spacial score (nSPS) is 21.8. The number of hydrogen-bond donors (Lipinski definition) is 1. The third-order valence-corrected chi connectivity index (χ3v) is 3.63. The van der Waals surface area contributed by atoms with E-state index in [4.69, 9.17) is 0 Å². The molecular formula is C14H25N5O. The van der Waals surface area contributed by atoms with E-state index in [1.807, 2.05) is 26.0 Å². The van der Waals surface area contributed by atoms with Gasteiger partial charge in [0, 0.05) is 33.6 Å². The number of nitrogens with zero attached hydrogens (tertiary/aromatic N) is 5. The largest absolute Gasteiger partial charge is 0.393 e. The summed E-state index contributed by atoms with van der Waals surface area (Å²) in [6.45, 7) is 5.05. The molecule has 6 nitrogen and oxygen atoms in total. The van der Waals surface area contributed by atoms with Crippen LogP contribution in [0.15, 0.2) is 0 Å². The van der Waals surface area contributed by atoms with Gasteiger partial charge in [-0.05, 0) is 18.8 Å². The molecule has 0 atom stereocenters. The molecule has 2 rings (SSSR count). The first-order chi connectivity index (χ1) is 9.36. The molecule has 0 aliphatic heterocycles. The quantitative estimate of drug-likeness (QED) is 0.875. The molecule has 0 radical (unpaired) electrons. The lowest BCUT2D eigenvalue weighted by atomic mass is 9.82. The van der Waals surface area contributed by atoms with Crippen LogP contribution >= 0.6 is 0 Å². The zero-order valence-electron chi connectivity index (χ0n) is 13.0. The Morgan fingerprint density at radius 1 is 1.10 bits per heavy atom. The molecule has 1 saturated carbocycles. The highest BCUT2D eigenvalue weighted by Crippen LogP contribution is 2.28. The average molecular weight is 279 g/mol. The summed E-state index contributed by atoms with van der Waals surface area (Å²) in [7, 11) is 5.88. The topological polar surface area (TPSA) is 65.4 Å². The Hall–Kier alpha value is -1.43. The van der Waals surface area contributed by atoms with Crippen molar-refractivity contribution in [2.45, 2.75) is 38.7 Å². The Labute approximate surface area is 120 Å². The minimum Gasteiger partial charge on any atom is -0.393 e. The summed E-state index contributed by atoms with van der Waals surface area (Å²) in [5.41, 5.74) is 0. The highest BCUT2D eigenvalue weighted by Gasteiger charge is 2.28. The van der Waals surface area contributed by atoms with Crippen LogP contribution in [0, 0.1) is 5.92 Å². The second kappa shape index (κ2) is 5.91. The van der Waals surface area contributed by atoms with Gasteiger partial charge < -0.3 is 14.9 Å². The molecule has 0 spiro atoms. The van der Waals surface area contributed by atoms with Gasteiger partial charge >= 0.3 is 0 Å². The van der Waals surface area contributed by atoms with Crippen molar-refractivity contribution in [2.75, 3.05) is 37.5 Å². The van der Waals surface area contributed by atoms with Gasteiger partial charge in [0.2, 0.25) is 11.9 Å². The first-order valence-corrected chi connectivity index (χ1v) is 7.19. The maximum atomic E-state index is 9.37. The molecule has 1 aliphatic carbocycles. The SMILES string of the molecule is CC(C)c1nc(N(C)C)nc(N(C)CC2CC(O)C2)n1. The lowest BCUT2D eigenvalue weighted by Gasteiger charge is -2.34. The van der Waals surface area contributed by atoms with Crippen molar-refractivity contribution in [3.63, 3.8) is 0 Å². The van der Waals surface area contributed by atoms with Crippen LogP contribution in [-0.4, -0.2) is 53.9 Å². The molecule has 1 aromatic rings. The Kier molecular flexibility index (Phi) is 4.42. The molecule has 0 amide bonds. The van der Waals surface area contributed by atoms with Crippen LogP contribution in [0.3, 0.4) is 0 Å². The van der Waals surface area contributed by atoms with Crippen molar-refractivity contribution < 1.29 is 5.11 Å². The van der Waals surface area contributed by atoms with Crippen molar-refractivity contribution >= 4 is 11.9 Å². The van der Waals surface area contributed by atoms with E-state index in [2.05, 4.69) is 33.7 Å². The number of hydrogen-bond acceptors (Lipinski definition) is 6. The van der Waals surface area contributed by atoms with Gasteiger partial charge in [0.15, 0.2) is 0 Å². The van der Waals surface area contributed by atoms with E-state index in [9.17, 15) is 5.11 Å². The maximum Gasteiger partial charge on any atom is 0.230 e. The van der Waals surface area contributed by atoms with Gasteiger partial charge in [-0.15, -0.1) is 0 Å². The molecule has 6 heteroatoms. The first-order valence-electron chi connectivity index (χ1n) is 7.19. The van der Waals surface area contributed by atoms with Crippen LogP contribution in [0.4, 0.5) is 11.9 Å². The number of rotatable bonds is 5. The molecule has 1 fully saturated rings. The molecule has 112 valence electrons. The van der Waals surface area contributed by atoms with Crippen LogP contribution in [-0.2, 0) is 0 Å². The Bertz CT molecular complexity index is 431. The van der Waals surface area contributed by atoms with Crippen molar-refractivity contribution in [2.24, 2.45) is 5.92 Å². The highest BCUT2D eigenvalue weighted by molar-refractivity contribution is 5.38. The van der Waals surface area contributed by atoms with Gasteiger partial charge in [0.05, 0.1) is 6.10 Å². The van der Waals surface area contributed by atoms with Gasteiger partial charge in [-0.25, -0.2) is 0 Å². The van der Waals surface area contributed by atoms with E-state index in [1.165, 1.54) is 0 Å². The van der Waals surface area contributed by atoms with Crippen molar-refractivity contribution in [3.8, 4) is 0 Å².